The molecule has 0 spiro atoms. The van der Waals surface area contributed by atoms with Crippen LogP contribution in [0.2, 0.25) is 0 Å². The van der Waals surface area contributed by atoms with Crippen LogP contribution in [0.1, 0.15) is 37.8 Å². The highest BCUT2D eigenvalue weighted by atomic mass is 79.9. The minimum absolute atomic E-state index is 0.00235. The Labute approximate surface area is 129 Å². The Bertz CT molecular complexity index is 522. The molecule has 0 aromatic heterocycles. The van der Waals surface area contributed by atoms with Crippen LogP contribution in [0.15, 0.2) is 22.7 Å². The number of hydrogen-bond acceptors (Lipinski definition) is 2. The molecule has 2 rings (SSSR count). The lowest BCUT2D eigenvalue weighted by Gasteiger charge is -2.31. The number of aliphatic carboxylic acids is 1. The van der Waals surface area contributed by atoms with E-state index in [1.807, 2.05) is 6.07 Å². The number of carboxylic acid groups (broad SMARTS) is 1. The normalized spacial score (nSPS) is 24.1. The van der Waals surface area contributed by atoms with E-state index in [9.17, 15) is 9.90 Å². The molecule has 1 aromatic carbocycles. The van der Waals surface area contributed by atoms with Crippen molar-refractivity contribution in [3.05, 3.63) is 33.8 Å². The summed E-state index contributed by atoms with van der Waals surface area (Å²) in [6.07, 6.45) is 0. The molecule has 0 amide bonds. The summed E-state index contributed by atoms with van der Waals surface area (Å²) in [6, 6.07) is 6.13. The summed E-state index contributed by atoms with van der Waals surface area (Å²) in [5, 5.41) is 9.55. The average molecular weight is 340 g/mol. The Morgan fingerprint density at radius 1 is 1.35 bits per heavy atom. The van der Waals surface area contributed by atoms with Crippen LogP contribution in [-0.4, -0.2) is 34.6 Å². The average Bonchev–Trinajstić information content (AvgIpc) is 2.77. The van der Waals surface area contributed by atoms with E-state index >= 15 is 0 Å². The molecule has 0 aliphatic carbocycles. The van der Waals surface area contributed by atoms with Gasteiger partial charge in [0, 0.05) is 29.0 Å². The molecule has 1 saturated heterocycles. The molecule has 1 heterocycles. The summed E-state index contributed by atoms with van der Waals surface area (Å²) < 4.78 is 1.01. The summed E-state index contributed by atoms with van der Waals surface area (Å²) in [5.41, 5.74) is 2.32. The molecule has 4 heteroatoms. The second kappa shape index (κ2) is 5.49. The number of carbonyl (C=O) groups is 1. The van der Waals surface area contributed by atoms with Crippen LogP contribution in [0.3, 0.4) is 0 Å². The molecule has 110 valence electrons. The molecule has 20 heavy (non-hydrogen) atoms. The van der Waals surface area contributed by atoms with E-state index in [4.69, 9.17) is 0 Å². The van der Waals surface area contributed by atoms with Gasteiger partial charge in [0.05, 0.1) is 5.92 Å². The van der Waals surface area contributed by atoms with Crippen molar-refractivity contribution < 1.29 is 9.90 Å². The second-order valence-corrected chi connectivity index (χ2v) is 7.54. The molecule has 1 aromatic rings. The maximum absolute atomic E-state index is 11.6. The van der Waals surface area contributed by atoms with Crippen molar-refractivity contribution in [2.45, 2.75) is 39.2 Å². The summed E-state index contributed by atoms with van der Waals surface area (Å²) >= 11 is 3.49. The van der Waals surface area contributed by atoms with Crippen molar-refractivity contribution in [1.29, 1.82) is 0 Å². The highest BCUT2D eigenvalue weighted by Gasteiger charge is 2.42. The largest absolute Gasteiger partial charge is 0.481 e. The zero-order valence-corrected chi connectivity index (χ0v) is 14.1. The third-order valence-corrected chi connectivity index (χ3v) is 4.72. The first-order valence-corrected chi connectivity index (χ1v) is 7.73. The number of likely N-dealkylation sites (tertiary alicyclic amines) is 1. The molecule has 0 saturated carbocycles. The van der Waals surface area contributed by atoms with Gasteiger partial charge in [-0.05, 0) is 51.0 Å². The lowest BCUT2D eigenvalue weighted by molar-refractivity contribution is -0.141. The van der Waals surface area contributed by atoms with Crippen molar-refractivity contribution in [3.8, 4) is 0 Å². The fourth-order valence-corrected chi connectivity index (χ4v) is 3.31. The van der Waals surface area contributed by atoms with E-state index < -0.39 is 5.97 Å². The SMILES string of the molecule is Cc1ccc(Br)cc1[C@@H]1CN(C(C)(C)C)C[C@H]1C(=O)O. The third kappa shape index (κ3) is 3.07. The predicted molar refractivity (Wildman–Crippen MR) is 84.1 cm³/mol. The van der Waals surface area contributed by atoms with Crippen LogP contribution >= 0.6 is 15.9 Å². The predicted octanol–water partition coefficient (Wildman–Crippen LogP) is 3.66. The number of rotatable bonds is 2. The van der Waals surface area contributed by atoms with Gasteiger partial charge in [0.15, 0.2) is 0 Å². The summed E-state index contributed by atoms with van der Waals surface area (Å²) in [5.74, 6) is -0.965. The number of nitrogens with zero attached hydrogens (tertiary/aromatic N) is 1. The van der Waals surface area contributed by atoms with E-state index in [0.717, 1.165) is 16.6 Å². The number of halogens is 1. The summed E-state index contributed by atoms with van der Waals surface area (Å²) in [7, 11) is 0. The van der Waals surface area contributed by atoms with Gasteiger partial charge >= 0.3 is 5.97 Å². The molecular formula is C16H22BrNO2. The highest BCUT2D eigenvalue weighted by molar-refractivity contribution is 9.10. The maximum atomic E-state index is 11.6. The van der Waals surface area contributed by atoms with Crippen LogP contribution in [0.25, 0.3) is 0 Å². The smallest absolute Gasteiger partial charge is 0.308 e. The molecule has 1 N–H and O–H groups in total. The van der Waals surface area contributed by atoms with E-state index in [0.29, 0.717) is 6.54 Å². The molecule has 1 aliphatic heterocycles. The Morgan fingerprint density at radius 3 is 2.55 bits per heavy atom. The van der Waals surface area contributed by atoms with Gasteiger partial charge in [0.25, 0.3) is 0 Å². The Kier molecular flexibility index (Phi) is 4.26. The zero-order valence-electron chi connectivity index (χ0n) is 12.5. The van der Waals surface area contributed by atoms with Gasteiger partial charge < -0.3 is 5.11 Å². The molecule has 3 nitrogen and oxygen atoms in total. The Balaban J connectivity index is 2.38. The molecule has 0 radical (unpaired) electrons. The molecule has 0 bridgehead atoms. The van der Waals surface area contributed by atoms with Crippen molar-refractivity contribution in [2.24, 2.45) is 5.92 Å². The highest BCUT2D eigenvalue weighted by Crippen LogP contribution is 2.38. The van der Waals surface area contributed by atoms with E-state index in [1.165, 1.54) is 5.56 Å². The van der Waals surface area contributed by atoms with Gasteiger partial charge in [-0.25, -0.2) is 0 Å². The number of benzene rings is 1. The third-order valence-electron chi connectivity index (χ3n) is 4.23. The van der Waals surface area contributed by atoms with Gasteiger partial charge in [-0.15, -0.1) is 0 Å². The Hall–Kier alpha value is -0.870. The van der Waals surface area contributed by atoms with Crippen LogP contribution in [0.4, 0.5) is 0 Å². The fourth-order valence-electron chi connectivity index (χ4n) is 2.93. The number of hydrogen-bond donors (Lipinski definition) is 1. The zero-order chi connectivity index (χ0) is 15.1. The van der Waals surface area contributed by atoms with Gasteiger partial charge in [0.2, 0.25) is 0 Å². The summed E-state index contributed by atoms with van der Waals surface area (Å²) in [4.78, 5) is 13.9. The second-order valence-electron chi connectivity index (χ2n) is 6.63. The molecule has 0 unspecified atom stereocenters. The van der Waals surface area contributed by atoms with Crippen LogP contribution < -0.4 is 0 Å². The van der Waals surface area contributed by atoms with Gasteiger partial charge in [-0.3, -0.25) is 9.69 Å². The lowest BCUT2D eigenvalue weighted by atomic mass is 9.86. The van der Waals surface area contributed by atoms with Crippen LogP contribution in [0, 0.1) is 12.8 Å². The molecule has 1 aliphatic rings. The minimum atomic E-state index is -0.693. The summed E-state index contributed by atoms with van der Waals surface area (Å²) in [6.45, 7) is 9.90. The standard InChI is InChI=1S/C16H22BrNO2/c1-10-5-6-11(17)7-12(10)13-8-18(16(2,3)4)9-14(13)15(19)20/h5-7,13-14H,8-9H2,1-4H3,(H,19,20)/t13-,14+/m0/s1. The van der Waals surface area contributed by atoms with E-state index in [-0.39, 0.29) is 17.4 Å². The quantitative estimate of drug-likeness (QED) is 0.893. The molecular weight excluding hydrogens is 318 g/mol. The number of carboxylic acids is 1. The van der Waals surface area contributed by atoms with E-state index in [2.05, 4.69) is 60.7 Å². The topological polar surface area (TPSA) is 40.5 Å². The fraction of sp³-hybridized carbons (Fsp3) is 0.562. The van der Waals surface area contributed by atoms with Crippen LogP contribution in [-0.2, 0) is 4.79 Å². The van der Waals surface area contributed by atoms with Crippen LogP contribution in [0.5, 0.6) is 0 Å². The van der Waals surface area contributed by atoms with Gasteiger partial charge in [-0.1, -0.05) is 22.0 Å². The minimum Gasteiger partial charge on any atom is -0.481 e. The first-order chi connectivity index (χ1) is 9.20. The monoisotopic (exact) mass is 339 g/mol. The van der Waals surface area contributed by atoms with Crippen molar-refractivity contribution in [1.82, 2.24) is 4.90 Å². The lowest BCUT2D eigenvalue weighted by Crippen LogP contribution is -2.40. The first-order valence-electron chi connectivity index (χ1n) is 6.94. The van der Waals surface area contributed by atoms with E-state index in [1.54, 1.807) is 0 Å². The number of aryl methyl sites for hydroxylation is 1. The molecule has 2 atom stereocenters. The molecule has 1 fully saturated rings. The van der Waals surface area contributed by atoms with Gasteiger partial charge in [-0.2, -0.15) is 0 Å². The van der Waals surface area contributed by atoms with Gasteiger partial charge in [0.1, 0.15) is 0 Å². The first kappa shape index (κ1) is 15.5. The Morgan fingerprint density at radius 2 is 2.00 bits per heavy atom. The van der Waals surface area contributed by atoms with Crippen molar-refractivity contribution in [3.63, 3.8) is 0 Å². The van der Waals surface area contributed by atoms with Crippen molar-refractivity contribution >= 4 is 21.9 Å². The van der Waals surface area contributed by atoms with Crippen molar-refractivity contribution in [2.75, 3.05) is 13.1 Å². The maximum Gasteiger partial charge on any atom is 0.308 e.